The molecule has 1 aliphatic rings. The second-order valence-corrected chi connectivity index (χ2v) is 4.97. The minimum absolute atomic E-state index is 0.212. The zero-order valence-electron chi connectivity index (χ0n) is 9.22. The summed E-state index contributed by atoms with van der Waals surface area (Å²) in [5.41, 5.74) is 0.808. The van der Waals surface area contributed by atoms with Crippen molar-refractivity contribution < 1.29 is 9.53 Å². The van der Waals surface area contributed by atoms with Gasteiger partial charge in [0.05, 0.1) is 11.9 Å². The molecule has 1 heterocycles. The van der Waals surface area contributed by atoms with Crippen LogP contribution in [0.3, 0.4) is 0 Å². The van der Waals surface area contributed by atoms with E-state index in [0.717, 1.165) is 30.8 Å². The lowest BCUT2D eigenvalue weighted by Gasteiger charge is -2.07. The van der Waals surface area contributed by atoms with Gasteiger partial charge in [0.2, 0.25) is 0 Å². The number of hydrogen-bond donors (Lipinski definition) is 0. The van der Waals surface area contributed by atoms with Gasteiger partial charge in [0.25, 0.3) is 0 Å². The van der Waals surface area contributed by atoms with Gasteiger partial charge in [-0.1, -0.05) is 30.3 Å². The van der Waals surface area contributed by atoms with Crippen LogP contribution < -0.4 is 0 Å². The maximum atomic E-state index is 11.8. The Morgan fingerprint density at radius 1 is 1.38 bits per heavy atom. The quantitative estimate of drug-likeness (QED) is 0.735. The third kappa shape index (κ3) is 3.35. The van der Waals surface area contributed by atoms with E-state index in [9.17, 15) is 4.79 Å². The van der Waals surface area contributed by atoms with Gasteiger partial charge in [-0.3, -0.25) is 4.79 Å². The van der Waals surface area contributed by atoms with Gasteiger partial charge in [0.1, 0.15) is 0 Å². The van der Waals surface area contributed by atoms with E-state index in [1.165, 1.54) is 0 Å². The van der Waals surface area contributed by atoms with Crippen molar-refractivity contribution in [2.75, 3.05) is 18.1 Å². The normalized spacial score (nSPS) is 19.9. The van der Waals surface area contributed by atoms with Crippen LogP contribution in [0.25, 0.3) is 0 Å². The van der Waals surface area contributed by atoms with E-state index in [1.54, 1.807) is 11.8 Å². The molecule has 0 N–H and O–H groups in total. The molecular weight excluding hydrogens is 220 g/mol. The molecule has 1 aromatic rings. The molecule has 0 spiro atoms. The van der Waals surface area contributed by atoms with Crippen LogP contribution >= 0.6 is 11.8 Å². The first kappa shape index (κ1) is 11.7. The molecule has 1 fully saturated rings. The van der Waals surface area contributed by atoms with Crippen LogP contribution in [0.1, 0.15) is 23.2 Å². The molecule has 0 aliphatic carbocycles. The summed E-state index contributed by atoms with van der Waals surface area (Å²) in [5.74, 6) is 1.71. The second-order valence-electron chi connectivity index (χ2n) is 3.94. The van der Waals surface area contributed by atoms with Gasteiger partial charge in [0, 0.05) is 17.9 Å². The summed E-state index contributed by atoms with van der Waals surface area (Å²) in [6.07, 6.45) is 2.68. The van der Waals surface area contributed by atoms with E-state index in [2.05, 4.69) is 0 Å². The third-order valence-electron chi connectivity index (χ3n) is 2.66. The molecule has 1 unspecified atom stereocenters. The number of benzene rings is 1. The summed E-state index contributed by atoms with van der Waals surface area (Å²) < 4.78 is 5.51. The Kier molecular flexibility index (Phi) is 4.43. The van der Waals surface area contributed by atoms with Gasteiger partial charge in [-0.15, -0.1) is 0 Å². The van der Waals surface area contributed by atoms with E-state index < -0.39 is 0 Å². The molecule has 3 heteroatoms. The molecule has 1 aliphatic heterocycles. The van der Waals surface area contributed by atoms with Crippen LogP contribution in [0, 0.1) is 0 Å². The summed E-state index contributed by atoms with van der Waals surface area (Å²) in [6.45, 7) is 0.887. The minimum atomic E-state index is 0.212. The number of Topliss-reactive ketones (excluding diaryl/α,β-unsaturated/α-hetero) is 1. The number of carbonyl (C=O) groups excluding carboxylic acids is 1. The summed E-state index contributed by atoms with van der Waals surface area (Å²) in [4.78, 5) is 11.8. The van der Waals surface area contributed by atoms with Gasteiger partial charge in [0.15, 0.2) is 5.78 Å². The van der Waals surface area contributed by atoms with Crippen molar-refractivity contribution in [3.63, 3.8) is 0 Å². The molecule has 0 aromatic heterocycles. The number of rotatable bonds is 5. The smallest absolute Gasteiger partial charge is 0.172 e. The van der Waals surface area contributed by atoms with E-state index in [1.807, 2.05) is 30.3 Å². The minimum Gasteiger partial charge on any atom is -0.377 e. The molecular formula is C13H16O2S. The summed E-state index contributed by atoms with van der Waals surface area (Å²) in [7, 11) is 0. The van der Waals surface area contributed by atoms with Crippen molar-refractivity contribution in [2.24, 2.45) is 0 Å². The highest BCUT2D eigenvalue weighted by molar-refractivity contribution is 8.00. The summed E-state index contributed by atoms with van der Waals surface area (Å²) in [6, 6.07) is 9.47. The van der Waals surface area contributed by atoms with Gasteiger partial charge < -0.3 is 4.74 Å². The molecule has 2 nitrogen and oxygen atoms in total. The molecule has 86 valence electrons. The maximum Gasteiger partial charge on any atom is 0.172 e. The van der Waals surface area contributed by atoms with Crippen molar-refractivity contribution in [2.45, 2.75) is 18.9 Å². The highest BCUT2D eigenvalue weighted by atomic mass is 32.2. The fourth-order valence-corrected chi connectivity index (χ4v) is 2.76. The Bertz CT molecular complexity index is 331. The monoisotopic (exact) mass is 236 g/mol. The Balaban J connectivity index is 1.71. The fraction of sp³-hybridized carbons (Fsp3) is 0.462. The van der Waals surface area contributed by atoms with Crippen LogP contribution in [0.5, 0.6) is 0 Å². The first-order valence-corrected chi connectivity index (χ1v) is 6.79. The van der Waals surface area contributed by atoms with E-state index >= 15 is 0 Å². The average molecular weight is 236 g/mol. The first-order chi connectivity index (χ1) is 7.86. The predicted molar refractivity (Wildman–Crippen MR) is 67.1 cm³/mol. The number of ketones is 1. The maximum absolute atomic E-state index is 11.8. The van der Waals surface area contributed by atoms with Crippen molar-refractivity contribution >= 4 is 17.5 Å². The molecule has 0 radical (unpaired) electrons. The Morgan fingerprint density at radius 2 is 2.19 bits per heavy atom. The van der Waals surface area contributed by atoms with E-state index in [0.29, 0.717) is 11.9 Å². The lowest BCUT2D eigenvalue weighted by atomic mass is 10.2. The van der Waals surface area contributed by atoms with Gasteiger partial charge in [-0.2, -0.15) is 11.8 Å². The standard InChI is InChI=1S/C13H16O2S/c14-13(11-5-2-1-3-6-11)10-16-9-12-7-4-8-15-12/h1-3,5-6,12H,4,7-10H2. The number of carbonyl (C=O) groups is 1. The number of thioether (sulfide) groups is 1. The molecule has 16 heavy (non-hydrogen) atoms. The first-order valence-electron chi connectivity index (χ1n) is 5.64. The zero-order chi connectivity index (χ0) is 11.2. The number of ether oxygens (including phenoxy) is 1. The highest BCUT2D eigenvalue weighted by Crippen LogP contribution is 2.17. The van der Waals surface area contributed by atoms with Crippen LogP contribution in [0.15, 0.2) is 30.3 Å². The van der Waals surface area contributed by atoms with Crippen LogP contribution in [0.4, 0.5) is 0 Å². The Labute approximate surface area is 100 Å². The Hall–Kier alpha value is -0.800. The molecule has 0 bridgehead atoms. The summed E-state index contributed by atoms with van der Waals surface area (Å²) >= 11 is 1.68. The molecule has 1 saturated heterocycles. The van der Waals surface area contributed by atoms with Gasteiger partial charge in [-0.05, 0) is 12.8 Å². The van der Waals surface area contributed by atoms with Crippen molar-refractivity contribution in [3.05, 3.63) is 35.9 Å². The van der Waals surface area contributed by atoms with E-state index in [4.69, 9.17) is 4.74 Å². The lowest BCUT2D eigenvalue weighted by molar-refractivity contribution is 0.102. The zero-order valence-corrected chi connectivity index (χ0v) is 10.0. The number of hydrogen-bond acceptors (Lipinski definition) is 3. The molecule has 1 aromatic carbocycles. The van der Waals surface area contributed by atoms with Gasteiger partial charge in [-0.25, -0.2) is 0 Å². The Morgan fingerprint density at radius 3 is 2.88 bits per heavy atom. The largest absolute Gasteiger partial charge is 0.377 e. The second kappa shape index (κ2) is 6.06. The van der Waals surface area contributed by atoms with Crippen molar-refractivity contribution in [3.8, 4) is 0 Å². The van der Waals surface area contributed by atoms with Crippen molar-refractivity contribution in [1.29, 1.82) is 0 Å². The predicted octanol–water partition coefficient (Wildman–Crippen LogP) is 2.78. The van der Waals surface area contributed by atoms with Crippen LogP contribution in [0.2, 0.25) is 0 Å². The highest BCUT2D eigenvalue weighted by Gasteiger charge is 2.15. The molecule has 1 atom stereocenters. The van der Waals surface area contributed by atoms with E-state index in [-0.39, 0.29) is 5.78 Å². The van der Waals surface area contributed by atoms with Crippen molar-refractivity contribution in [1.82, 2.24) is 0 Å². The molecule has 2 rings (SSSR count). The average Bonchev–Trinajstić information content (AvgIpc) is 2.83. The van der Waals surface area contributed by atoms with Crippen LogP contribution in [-0.4, -0.2) is 30.0 Å². The third-order valence-corrected chi connectivity index (χ3v) is 3.73. The lowest BCUT2D eigenvalue weighted by Crippen LogP contribution is -2.11. The summed E-state index contributed by atoms with van der Waals surface area (Å²) in [5, 5.41) is 0. The SMILES string of the molecule is O=C(CSCC1CCCO1)c1ccccc1. The topological polar surface area (TPSA) is 26.3 Å². The van der Waals surface area contributed by atoms with Gasteiger partial charge >= 0.3 is 0 Å². The molecule has 0 amide bonds. The van der Waals surface area contributed by atoms with Crippen LogP contribution in [-0.2, 0) is 4.74 Å². The fourth-order valence-electron chi connectivity index (χ4n) is 1.77. The molecule has 0 saturated carbocycles.